The van der Waals surface area contributed by atoms with Crippen molar-refractivity contribution in [1.82, 2.24) is 20.3 Å². The van der Waals surface area contributed by atoms with Crippen LogP contribution in [0.25, 0.3) is 11.0 Å². The number of aromatic nitrogens is 3. The molecule has 186 valence electrons. The second-order valence-corrected chi connectivity index (χ2v) is 11.9. The van der Waals surface area contributed by atoms with Crippen molar-refractivity contribution in [2.24, 2.45) is 11.8 Å². The first-order chi connectivity index (χ1) is 16.9. The molecule has 0 radical (unpaired) electrons. The highest BCUT2D eigenvalue weighted by atomic mass is 32.2. The Hall–Kier alpha value is -3.14. The maximum atomic E-state index is 12.8. The maximum absolute atomic E-state index is 12.8. The molecule has 0 bridgehead atoms. The lowest BCUT2D eigenvalue weighted by molar-refractivity contribution is -0.125. The van der Waals surface area contributed by atoms with E-state index in [0.29, 0.717) is 31.1 Å². The molecule has 10 heteroatoms. The lowest BCUT2D eigenvalue weighted by Crippen LogP contribution is -2.35. The van der Waals surface area contributed by atoms with E-state index in [9.17, 15) is 13.2 Å². The molecule has 1 fully saturated rings. The summed E-state index contributed by atoms with van der Waals surface area (Å²) in [7, 11) is -3.03. The number of carbonyl (C=O) groups is 1. The third kappa shape index (κ3) is 5.75. The van der Waals surface area contributed by atoms with Crippen LogP contribution < -0.4 is 15.4 Å². The fraction of sp³-hybridized carbons (Fsp3) is 0.480. The normalized spacial score (nSPS) is 17.7. The van der Waals surface area contributed by atoms with Crippen LogP contribution in [-0.2, 0) is 27.5 Å². The highest BCUT2D eigenvalue weighted by Gasteiger charge is 2.29. The van der Waals surface area contributed by atoms with Crippen LogP contribution in [0.1, 0.15) is 36.9 Å². The zero-order valence-electron chi connectivity index (χ0n) is 19.8. The number of sulfone groups is 1. The van der Waals surface area contributed by atoms with Gasteiger partial charge in [0.05, 0.1) is 23.4 Å². The van der Waals surface area contributed by atoms with Gasteiger partial charge in [0.15, 0.2) is 0 Å². The van der Waals surface area contributed by atoms with E-state index in [0.717, 1.165) is 53.2 Å². The van der Waals surface area contributed by atoms with Gasteiger partial charge in [-0.05, 0) is 62.1 Å². The number of para-hydroxylation sites is 2. The second kappa shape index (κ2) is 9.85. The molecule has 2 aromatic heterocycles. The summed E-state index contributed by atoms with van der Waals surface area (Å²) >= 11 is 0. The van der Waals surface area contributed by atoms with Gasteiger partial charge in [0.2, 0.25) is 5.91 Å². The number of rotatable bonds is 10. The Bertz CT molecular complexity index is 1330. The fourth-order valence-corrected chi connectivity index (χ4v) is 5.23. The molecule has 1 aromatic carbocycles. The Morgan fingerprint density at radius 2 is 2.03 bits per heavy atom. The molecule has 0 spiro atoms. The number of aromatic amines is 1. The number of anilines is 2. The highest BCUT2D eigenvalue weighted by Crippen LogP contribution is 2.37. The molecule has 2 aliphatic carbocycles. The van der Waals surface area contributed by atoms with Gasteiger partial charge < -0.3 is 20.4 Å². The van der Waals surface area contributed by atoms with Gasteiger partial charge in [-0.1, -0.05) is 12.1 Å². The number of nitrogens with zero attached hydrogens (tertiary/aromatic N) is 2. The van der Waals surface area contributed by atoms with Crippen LogP contribution in [0.4, 0.5) is 11.5 Å². The van der Waals surface area contributed by atoms with Crippen molar-refractivity contribution < 1.29 is 17.9 Å². The number of benzene rings is 1. The van der Waals surface area contributed by atoms with Crippen LogP contribution in [0, 0.1) is 11.8 Å². The summed E-state index contributed by atoms with van der Waals surface area (Å²) in [4.78, 5) is 25.2. The number of hydrogen-bond acceptors (Lipinski definition) is 7. The van der Waals surface area contributed by atoms with Gasteiger partial charge in [-0.2, -0.15) is 0 Å². The quantitative estimate of drug-likeness (QED) is 0.367. The zero-order chi connectivity index (χ0) is 24.4. The maximum Gasteiger partial charge on any atom is 0.223 e. The molecule has 5 rings (SSSR count). The predicted molar refractivity (Wildman–Crippen MR) is 135 cm³/mol. The zero-order valence-corrected chi connectivity index (χ0v) is 20.7. The number of nitrogens with one attached hydrogen (secondary N) is 3. The molecule has 35 heavy (non-hydrogen) atoms. The summed E-state index contributed by atoms with van der Waals surface area (Å²) < 4.78 is 28.7. The van der Waals surface area contributed by atoms with E-state index in [1.54, 1.807) is 0 Å². The molecule has 2 heterocycles. The minimum atomic E-state index is -3.03. The highest BCUT2D eigenvalue weighted by molar-refractivity contribution is 7.90. The first kappa shape index (κ1) is 23.6. The summed E-state index contributed by atoms with van der Waals surface area (Å²) in [5, 5.41) is 7.25. The lowest BCUT2D eigenvalue weighted by Gasteiger charge is -2.22. The molecule has 1 saturated carbocycles. The van der Waals surface area contributed by atoms with Crippen molar-refractivity contribution in [2.75, 3.05) is 30.5 Å². The number of carbonyl (C=O) groups excluding carboxylic acids is 1. The number of hydrogen-bond donors (Lipinski definition) is 3. The molecule has 9 nitrogen and oxygen atoms in total. The molecule has 2 aliphatic rings. The van der Waals surface area contributed by atoms with Crippen molar-refractivity contribution in [3.05, 3.63) is 41.9 Å². The smallest absolute Gasteiger partial charge is 0.223 e. The van der Waals surface area contributed by atoms with Gasteiger partial charge in [0.25, 0.3) is 0 Å². The lowest BCUT2D eigenvalue weighted by atomic mass is 9.86. The van der Waals surface area contributed by atoms with Crippen LogP contribution in [0.3, 0.4) is 0 Å². The average molecular weight is 498 g/mol. The van der Waals surface area contributed by atoms with Gasteiger partial charge in [0, 0.05) is 24.4 Å². The third-order valence-corrected chi connectivity index (χ3v) is 7.68. The number of ether oxygens (including phenoxy) is 1. The number of fused-ring (bicyclic) bond motifs is 3. The van der Waals surface area contributed by atoms with Crippen LogP contribution >= 0.6 is 0 Å². The van der Waals surface area contributed by atoms with Gasteiger partial charge in [-0.15, -0.1) is 0 Å². The van der Waals surface area contributed by atoms with E-state index >= 15 is 0 Å². The summed E-state index contributed by atoms with van der Waals surface area (Å²) in [6.07, 6.45) is 7.66. The standard InChI is InChI=1S/C25H31N5O4S/c1-35(32,33)12-4-11-26-25(31)17-9-10-19-18(13-17)22-23(29-19)27-15-28-24(22)30-20-5-2-3-6-21(20)34-14-16-7-8-16/h2-3,5-6,15-17H,4,7-14H2,1H3,(H,26,31)(H2,27,28,29,30)/t17-/m0/s1. The van der Waals surface area contributed by atoms with Gasteiger partial charge >= 0.3 is 0 Å². The van der Waals surface area contributed by atoms with E-state index in [2.05, 4.69) is 25.6 Å². The molecule has 0 aliphatic heterocycles. The molecule has 0 saturated heterocycles. The molecule has 1 atom stereocenters. The van der Waals surface area contributed by atoms with E-state index < -0.39 is 9.84 Å². The number of amides is 1. The number of H-pyrrole nitrogens is 1. The van der Waals surface area contributed by atoms with Gasteiger partial charge in [-0.25, -0.2) is 18.4 Å². The third-order valence-electron chi connectivity index (χ3n) is 6.65. The summed E-state index contributed by atoms with van der Waals surface area (Å²) in [6.45, 7) is 1.08. The van der Waals surface area contributed by atoms with E-state index in [-0.39, 0.29) is 17.6 Å². The Morgan fingerprint density at radius 1 is 1.20 bits per heavy atom. The first-order valence-electron chi connectivity index (χ1n) is 12.2. The predicted octanol–water partition coefficient (Wildman–Crippen LogP) is 3.15. The molecular formula is C25H31N5O4S. The van der Waals surface area contributed by atoms with Crippen molar-refractivity contribution in [3.63, 3.8) is 0 Å². The van der Waals surface area contributed by atoms with Crippen molar-refractivity contribution in [1.29, 1.82) is 0 Å². The Kier molecular flexibility index (Phi) is 6.64. The van der Waals surface area contributed by atoms with Crippen LogP contribution in [0.15, 0.2) is 30.6 Å². The fourth-order valence-electron chi connectivity index (χ4n) is 4.57. The average Bonchev–Trinajstić information content (AvgIpc) is 3.58. The van der Waals surface area contributed by atoms with Gasteiger partial charge in [-0.3, -0.25) is 4.79 Å². The van der Waals surface area contributed by atoms with Crippen molar-refractivity contribution in [3.8, 4) is 5.75 Å². The summed E-state index contributed by atoms with van der Waals surface area (Å²) in [5.41, 5.74) is 3.74. The molecule has 3 N–H and O–H groups in total. The largest absolute Gasteiger partial charge is 0.491 e. The van der Waals surface area contributed by atoms with Gasteiger partial charge in [0.1, 0.15) is 33.4 Å². The van der Waals surface area contributed by atoms with Crippen molar-refractivity contribution in [2.45, 2.75) is 38.5 Å². The minimum Gasteiger partial charge on any atom is -0.491 e. The molecule has 1 amide bonds. The minimum absolute atomic E-state index is 0.0383. The van der Waals surface area contributed by atoms with E-state index in [1.165, 1.54) is 25.4 Å². The molecule has 0 unspecified atom stereocenters. The monoisotopic (exact) mass is 497 g/mol. The Morgan fingerprint density at radius 3 is 2.83 bits per heavy atom. The topological polar surface area (TPSA) is 126 Å². The van der Waals surface area contributed by atoms with Crippen LogP contribution in [0.2, 0.25) is 0 Å². The van der Waals surface area contributed by atoms with Crippen LogP contribution in [0.5, 0.6) is 5.75 Å². The number of aryl methyl sites for hydroxylation is 1. The summed E-state index contributed by atoms with van der Waals surface area (Å²) in [5.74, 6) is 1.99. The van der Waals surface area contributed by atoms with Crippen LogP contribution in [-0.4, -0.2) is 54.4 Å². The van der Waals surface area contributed by atoms with E-state index in [4.69, 9.17) is 4.74 Å². The van der Waals surface area contributed by atoms with E-state index in [1.807, 2.05) is 24.3 Å². The Labute approximate surface area is 205 Å². The molecule has 3 aromatic rings. The second-order valence-electron chi connectivity index (χ2n) is 9.62. The molecular weight excluding hydrogens is 466 g/mol. The Balaban J connectivity index is 1.33. The van der Waals surface area contributed by atoms with Crippen molar-refractivity contribution >= 4 is 38.3 Å². The first-order valence-corrected chi connectivity index (χ1v) is 14.2. The SMILES string of the molecule is CS(=O)(=O)CCCNC(=O)[C@H]1CCc2[nH]c3ncnc(Nc4ccccc4OCC4CC4)c3c2C1. The summed E-state index contributed by atoms with van der Waals surface area (Å²) in [6, 6.07) is 7.85.